The van der Waals surface area contributed by atoms with Gasteiger partial charge in [0.25, 0.3) is 20.2 Å². The number of nitrogens with one attached hydrogen (secondary N) is 2. The quantitative estimate of drug-likeness (QED) is 0.0383. The molecule has 0 bridgehead atoms. The number of azo groups is 2. The van der Waals surface area contributed by atoms with Crippen LogP contribution in [-0.2, 0) is 20.2 Å². The van der Waals surface area contributed by atoms with Crippen LogP contribution in [0.25, 0.3) is 10.8 Å². The Morgan fingerprint density at radius 1 is 0.557 bits per heavy atom. The first-order valence-corrected chi connectivity index (χ1v) is 20.3. The summed E-state index contributed by atoms with van der Waals surface area (Å²) in [6.45, 7) is -0.405. The molecule has 6 rings (SSSR count). The van der Waals surface area contributed by atoms with Crippen LogP contribution in [0.1, 0.15) is 20.7 Å². The van der Waals surface area contributed by atoms with E-state index in [2.05, 4.69) is 46.0 Å². The fourth-order valence-electron chi connectivity index (χ4n) is 5.60. The largest absolute Gasteiger partial charge is 0.478 e. The maximum absolute atomic E-state index is 12.2. The van der Waals surface area contributed by atoms with Gasteiger partial charge in [-0.1, -0.05) is 12.1 Å². The van der Waals surface area contributed by atoms with E-state index >= 15 is 0 Å². The van der Waals surface area contributed by atoms with Crippen LogP contribution in [0.5, 0.6) is 0 Å². The number of carboxylic acids is 2. The van der Waals surface area contributed by atoms with Crippen LogP contribution in [0.4, 0.5) is 52.0 Å². The van der Waals surface area contributed by atoms with E-state index in [1.807, 2.05) is 0 Å². The molecule has 8 N–H and O–H groups in total. The van der Waals surface area contributed by atoms with Gasteiger partial charge in [0.05, 0.1) is 47.1 Å². The lowest BCUT2D eigenvalue weighted by Gasteiger charge is -2.21. The lowest BCUT2D eigenvalue weighted by molar-refractivity contribution is 0.0696. The Labute approximate surface area is 345 Å². The first-order valence-electron chi connectivity index (χ1n) is 17.4. The van der Waals surface area contributed by atoms with Crippen LogP contribution >= 0.6 is 0 Å². The third kappa shape index (κ3) is 11.0. The number of aromatic carboxylic acids is 2. The average Bonchev–Trinajstić information content (AvgIpc) is 3.21. The van der Waals surface area contributed by atoms with Crippen molar-refractivity contribution in [3.05, 3.63) is 108 Å². The predicted molar refractivity (Wildman–Crippen MR) is 218 cm³/mol. The first-order chi connectivity index (χ1) is 29.0. The van der Waals surface area contributed by atoms with E-state index in [0.717, 1.165) is 18.2 Å². The highest BCUT2D eigenvalue weighted by molar-refractivity contribution is 7.86. The number of carboxylic acid groups (broad SMARTS) is 2. The standard InChI is InChI=1S/C37H32N10O12S2/c48-14-12-47(13-15-49)37-41-35(38-23-4-8-25(9-5-23)43-45-27-17-21(33(50)51)16-22(18-27)34(52)53)40-36(42-37)39-24-6-10-26(11-7-24)44-46-28-19-30-29(32(20-28)61(57,58)59)2-1-3-31(30)60(54,55)56/h1-11,16-20,48-49H,12-15H2,(H,50,51)(H,52,53)(H,54,55,56)(H,57,58,59)(H2,38,39,40,41,42). The number of anilines is 5. The number of aliphatic hydroxyl groups is 2. The minimum absolute atomic E-state index is 0.0172. The molecule has 0 aliphatic rings. The Bertz CT molecular complexity index is 2880. The monoisotopic (exact) mass is 872 g/mol. The molecule has 0 aliphatic heterocycles. The van der Waals surface area contributed by atoms with Gasteiger partial charge in [-0.05, 0) is 84.9 Å². The number of hydrogen-bond donors (Lipinski definition) is 8. The maximum Gasteiger partial charge on any atom is 0.335 e. The lowest BCUT2D eigenvalue weighted by atomic mass is 10.1. The molecule has 0 saturated carbocycles. The number of aromatic nitrogens is 3. The molecule has 1 heterocycles. The Balaban J connectivity index is 1.23. The number of nitrogens with zero attached hydrogens (tertiary/aromatic N) is 8. The number of hydrogen-bond acceptors (Lipinski definition) is 18. The Kier molecular flexibility index (Phi) is 13.0. The fourth-order valence-corrected chi connectivity index (χ4v) is 7.03. The first kappa shape index (κ1) is 43.2. The molecule has 0 saturated heterocycles. The SMILES string of the molecule is O=C(O)c1cc(N=Nc2ccc(Nc3nc(Nc4ccc(N=Nc5cc(S(=O)(=O)O)c6cccc(S(=O)(=O)O)c6c5)cc4)nc(N(CCO)CCO)n3)cc2)cc(C(=O)O)c1. The summed E-state index contributed by atoms with van der Waals surface area (Å²) < 4.78 is 67.9. The van der Waals surface area contributed by atoms with Crippen molar-refractivity contribution in [3.63, 3.8) is 0 Å². The van der Waals surface area contributed by atoms with Crippen molar-refractivity contribution in [2.45, 2.75) is 9.79 Å². The van der Waals surface area contributed by atoms with E-state index < -0.39 is 42.0 Å². The van der Waals surface area contributed by atoms with Gasteiger partial charge < -0.3 is 36.0 Å². The second-order valence-electron chi connectivity index (χ2n) is 12.6. The van der Waals surface area contributed by atoms with Crippen LogP contribution in [0.3, 0.4) is 0 Å². The highest BCUT2D eigenvalue weighted by atomic mass is 32.2. The molecule has 61 heavy (non-hydrogen) atoms. The lowest BCUT2D eigenvalue weighted by Crippen LogP contribution is -2.31. The molecule has 0 atom stereocenters. The highest BCUT2D eigenvalue weighted by Crippen LogP contribution is 2.34. The second kappa shape index (κ2) is 18.3. The highest BCUT2D eigenvalue weighted by Gasteiger charge is 2.21. The summed E-state index contributed by atoms with van der Waals surface area (Å²) in [7, 11) is -9.65. The summed E-state index contributed by atoms with van der Waals surface area (Å²) in [5.41, 5.74) is 0.875. The molecule has 22 nitrogen and oxygen atoms in total. The summed E-state index contributed by atoms with van der Waals surface area (Å²) in [5.74, 6) is -2.46. The third-order valence-corrected chi connectivity index (χ3v) is 10.1. The van der Waals surface area contributed by atoms with Crippen LogP contribution in [0, 0.1) is 0 Å². The van der Waals surface area contributed by atoms with E-state index in [0.29, 0.717) is 17.1 Å². The predicted octanol–water partition coefficient (Wildman–Crippen LogP) is 6.02. The number of carbonyl (C=O) groups is 2. The molecule has 0 unspecified atom stereocenters. The molecule has 6 aromatic rings. The van der Waals surface area contributed by atoms with Crippen molar-refractivity contribution in [3.8, 4) is 0 Å². The molecule has 0 fully saturated rings. The van der Waals surface area contributed by atoms with Crippen LogP contribution in [0.2, 0.25) is 0 Å². The van der Waals surface area contributed by atoms with Gasteiger partial charge in [0.15, 0.2) is 0 Å². The Morgan fingerprint density at radius 2 is 1.02 bits per heavy atom. The molecule has 0 amide bonds. The van der Waals surface area contributed by atoms with Gasteiger partial charge in [-0.15, -0.1) is 0 Å². The summed E-state index contributed by atoms with van der Waals surface area (Å²) >= 11 is 0. The van der Waals surface area contributed by atoms with Gasteiger partial charge in [0.1, 0.15) is 9.79 Å². The zero-order chi connectivity index (χ0) is 43.9. The molecule has 24 heteroatoms. The third-order valence-electron chi connectivity index (χ3n) is 8.33. The van der Waals surface area contributed by atoms with Crippen LogP contribution in [-0.4, -0.2) is 99.6 Å². The molecule has 0 radical (unpaired) electrons. The average molecular weight is 873 g/mol. The van der Waals surface area contributed by atoms with Gasteiger partial charge in [-0.2, -0.15) is 52.2 Å². The van der Waals surface area contributed by atoms with Gasteiger partial charge in [0.2, 0.25) is 17.8 Å². The van der Waals surface area contributed by atoms with Gasteiger partial charge in [-0.3, -0.25) is 9.11 Å². The van der Waals surface area contributed by atoms with E-state index in [4.69, 9.17) is 0 Å². The smallest absolute Gasteiger partial charge is 0.335 e. The second-order valence-corrected chi connectivity index (χ2v) is 15.4. The Morgan fingerprint density at radius 3 is 1.46 bits per heavy atom. The van der Waals surface area contributed by atoms with Crippen LogP contribution < -0.4 is 15.5 Å². The summed E-state index contributed by atoms with van der Waals surface area (Å²) in [4.78, 5) is 36.5. The molecule has 0 aliphatic carbocycles. The summed E-state index contributed by atoms with van der Waals surface area (Å²) in [5, 5.41) is 59.8. The number of aliphatic hydroxyl groups excluding tert-OH is 2. The number of rotatable bonds is 17. The number of fused-ring (bicyclic) bond motifs is 1. The van der Waals surface area contributed by atoms with Crippen molar-refractivity contribution in [2.75, 3.05) is 41.8 Å². The molecule has 1 aromatic heterocycles. The Hall–Kier alpha value is -7.35. The number of benzene rings is 5. The van der Waals surface area contributed by atoms with E-state index in [9.17, 15) is 56.0 Å². The van der Waals surface area contributed by atoms with Gasteiger partial charge >= 0.3 is 11.9 Å². The zero-order valence-corrected chi connectivity index (χ0v) is 32.7. The van der Waals surface area contributed by atoms with Gasteiger partial charge in [0, 0.05) is 35.2 Å². The fraction of sp³-hybridized carbons (Fsp3) is 0.108. The molecular weight excluding hydrogens is 841 g/mol. The van der Waals surface area contributed by atoms with E-state index in [1.165, 1.54) is 47.4 Å². The molecule has 314 valence electrons. The molecule has 0 spiro atoms. The maximum atomic E-state index is 12.2. The van der Waals surface area contributed by atoms with Crippen molar-refractivity contribution in [1.29, 1.82) is 0 Å². The van der Waals surface area contributed by atoms with E-state index in [-0.39, 0.29) is 83.1 Å². The summed E-state index contributed by atoms with van der Waals surface area (Å²) in [6, 6.07) is 21.7. The van der Waals surface area contributed by atoms with Crippen LogP contribution in [0.15, 0.2) is 127 Å². The molecular formula is C37H32N10O12S2. The van der Waals surface area contributed by atoms with Gasteiger partial charge in [-0.25, -0.2) is 9.59 Å². The molecule has 5 aromatic carbocycles. The van der Waals surface area contributed by atoms with Crippen molar-refractivity contribution >= 4 is 94.9 Å². The topological polar surface area (TPSA) is 339 Å². The minimum atomic E-state index is -4.86. The normalized spacial score (nSPS) is 11.9. The zero-order valence-electron chi connectivity index (χ0n) is 31.1. The van der Waals surface area contributed by atoms with Crippen molar-refractivity contribution < 1.29 is 56.0 Å². The van der Waals surface area contributed by atoms with E-state index in [1.54, 1.807) is 36.4 Å². The van der Waals surface area contributed by atoms with Crippen molar-refractivity contribution in [1.82, 2.24) is 15.0 Å². The van der Waals surface area contributed by atoms with Crippen molar-refractivity contribution in [2.24, 2.45) is 20.5 Å². The summed E-state index contributed by atoms with van der Waals surface area (Å²) in [6.07, 6.45) is 0. The minimum Gasteiger partial charge on any atom is -0.478 e.